The van der Waals surface area contributed by atoms with Gasteiger partial charge >= 0.3 is 12.1 Å². The van der Waals surface area contributed by atoms with Gasteiger partial charge < -0.3 is 15.2 Å². The Morgan fingerprint density at radius 1 is 0.958 bits per heavy atom. The molecule has 126 valence electrons. The van der Waals surface area contributed by atoms with Crippen LogP contribution in [0.15, 0.2) is 60.7 Å². The SMILES string of the molecule is O=C(O)CCC(Cc1ccccc1)NC(=O)OCc1ccccc1. The molecular weight excluding hydrogens is 306 g/mol. The van der Waals surface area contributed by atoms with Crippen molar-refractivity contribution in [3.8, 4) is 0 Å². The molecule has 24 heavy (non-hydrogen) atoms. The largest absolute Gasteiger partial charge is 0.481 e. The van der Waals surface area contributed by atoms with Crippen molar-refractivity contribution in [1.82, 2.24) is 5.32 Å². The number of aliphatic carboxylic acids is 1. The molecule has 1 atom stereocenters. The Morgan fingerprint density at radius 3 is 2.12 bits per heavy atom. The number of carbonyl (C=O) groups is 2. The van der Waals surface area contributed by atoms with Crippen LogP contribution in [0.2, 0.25) is 0 Å². The van der Waals surface area contributed by atoms with Gasteiger partial charge in [0, 0.05) is 12.5 Å². The maximum Gasteiger partial charge on any atom is 0.407 e. The number of amides is 1. The van der Waals surface area contributed by atoms with Crippen LogP contribution in [-0.2, 0) is 22.6 Å². The van der Waals surface area contributed by atoms with Gasteiger partial charge in [-0.15, -0.1) is 0 Å². The van der Waals surface area contributed by atoms with Gasteiger partial charge in [-0.3, -0.25) is 4.79 Å². The molecule has 0 radical (unpaired) electrons. The minimum Gasteiger partial charge on any atom is -0.481 e. The highest BCUT2D eigenvalue weighted by atomic mass is 16.5. The van der Waals surface area contributed by atoms with Gasteiger partial charge in [0.15, 0.2) is 0 Å². The van der Waals surface area contributed by atoms with Crippen LogP contribution in [0, 0.1) is 0 Å². The number of nitrogens with one attached hydrogen (secondary N) is 1. The third-order valence-corrected chi connectivity index (χ3v) is 3.57. The van der Waals surface area contributed by atoms with Crippen LogP contribution in [0.1, 0.15) is 24.0 Å². The van der Waals surface area contributed by atoms with E-state index in [1.165, 1.54) is 0 Å². The highest BCUT2D eigenvalue weighted by molar-refractivity contribution is 5.68. The van der Waals surface area contributed by atoms with E-state index in [1.54, 1.807) is 0 Å². The Morgan fingerprint density at radius 2 is 1.54 bits per heavy atom. The lowest BCUT2D eigenvalue weighted by atomic mass is 10.0. The lowest BCUT2D eigenvalue weighted by Crippen LogP contribution is -2.37. The molecule has 2 aromatic carbocycles. The summed E-state index contributed by atoms with van der Waals surface area (Å²) >= 11 is 0. The molecule has 0 saturated heterocycles. The maximum absolute atomic E-state index is 12.0. The average Bonchev–Trinajstić information content (AvgIpc) is 2.60. The highest BCUT2D eigenvalue weighted by Gasteiger charge is 2.15. The fourth-order valence-corrected chi connectivity index (χ4v) is 2.35. The first-order valence-electron chi connectivity index (χ1n) is 7.86. The first kappa shape index (κ1) is 17.5. The van der Waals surface area contributed by atoms with Crippen LogP contribution < -0.4 is 5.32 Å². The number of benzene rings is 2. The van der Waals surface area contributed by atoms with Gasteiger partial charge in [0.2, 0.25) is 0 Å². The summed E-state index contributed by atoms with van der Waals surface area (Å²) in [6.07, 6.45) is 0.376. The van der Waals surface area contributed by atoms with E-state index in [0.717, 1.165) is 11.1 Å². The fraction of sp³-hybridized carbons (Fsp3) is 0.263. The van der Waals surface area contributed by atoms with Crippen LogP contribution in [0.25, 0.3) is 0 Å². The van der Waals surface area contributed by atoms with E-state index >= 15 is 0 Å². The second-order valence-corrected chi connectivity index (χ2v) is 5.53. The van der Waals surface area contributed by atoms with E-state index in [-0.39, 0.29) is 19.1 Å². The number of rotatable bonds is 8. The van der Waals surface area contributed by atoms with E-state index < -0.39 is 12.1 Å². The molecular formula is C19H21NO4. The van der Waals surface area contributed by atoms with Crippen LogP contribution in [0.4, 0.5) is 4.79 Å². The van der Waals surface area contributed by atoms with Crippen LogP contribution in [-0.4, -0.2) is 23.2 Å². The van der Waals surface area contributed by atoms with Gasteiger partial charge in [0.1, 0.15) is 6.61 Å². The Balaban J connectivity index is 1.88. The van der Waals surface area contributed by atoms with Crippen molar-refractivity contribution < 1.29 is 19.4 Å². The summed E-state index contributed by atoms with van der Waals surface area (Å²) in [4.78, 5) is 22.8. The normalized spacial score (nSPS) is 11.5. The van der Waals surface area contributed by atoms with E-state index in [0.29, 0.717) is 12.8 Å². The molecule has 0 bridgehead atoms. The summed E-state index contributed by atoms with van der Waals surface area (Å²) in [5.41, 5.74) is 1.94. The van der Waals surface area contributed by atoms with Crippen LogP contribution >= 0.6 is 0 Å². The molecule has 5 nitrogen and oxygen atoms in total. The average molecular weight is 327 g/mol. The number of carbonyl (C=O) groups excluding carboxylic acids is 1. The van der Waals surface area contributed by atoms with Crippen molar-refractivity contribution in [3.63, 3.8) is 0 Å². The van der Waals surface area contributed by atoms with Gasteiger partial charge in [-0.2, -0.15) is 0 Å². The lowest BCUT2D eigenvalue weighted by molar-refractivity contribution is -0.137. The summed E-state index contributed by atoms with van der Waals surface area (Å²) in [7, 11) is 0. The van der Waals surface area contributed by atoms with Crippen molar-refractivity contribution >= 4 is 12.1 Å². The topological polar surface area (TPSA) is 75.6 Å². The molecule has 0 heterocycles. The van der Waals surface area contributed by atoms with Crippen molar-refractivity contribution in [1.29, 1.82) is 0 Å². The maximum atomic E-state index is 12.0. The number of carboxylic acid groups (broad SMARTS) is 1. The highest BCUT2D eigenvalue weighted by Crippen LogP contribution is 2.09. The monoisotopic (exact) mass is 327 g/mol. The lowest BCUT2D eigenvalue weighted by Gasteiger charge is -2.18. The molecule has 0 fully saturated rings. The molecule has 2 rings (SSSR count). The number of carboxylic acids is 1. The Bertz CT molecular complexity index is 643. The smallest absolute Gasteiger partial charge is 0.407 e. The summed E-state index contributed by atoms with van der Waals surface area (Å²) in [6.45, 7) is 0.184. The van der Waals surface area contributed by atoms with Gasteiger partial charge in [0.25, 0.3) is 0 Å². The molecule has 0 aliphatic rings. The second kappa shape index (κ2) is 9.35. The van der Waals surface area contributed by atoms with Gasteiger partial charge in [-0.25, -0.2) is 4.79 Å². The minimum atomic E-state index is -0.882. The first-order valence-corrected chi connectivity index (χ1v) is 7.86. The van der Waals surface area contributed by atoms with Gasteiger partial charge in [-0.05, 0) is 24.0 Å². The summed E-state index contributed by atoms with van der Waals surface area (Å²) in [5.74, 6) is -0.882. The third kappa shape index (κ3) is 6.52. The zero-order valence-corrected chi connectivity index (χ0v) is 13.4. The van der Waals surface area contributed by atoms with Crippen molar-refractivity contribution in [2.75, 3.05) is 0 Å². The van der Waals surface area contributed by atoms with Crippen molar-refractivity contribution in [2.45, 2.75) is 31.9 Å². The Kier molecular flexibility index (Phi) is 6.83. The summed E-state index contributed by atoms with van der Waals surface area (Å²) in [5, 5.41) is 11.6. The van der Waals surface area contributed by atoms with Gasteiger partial charge in [0.05, 0.1) is 0 Å². The molecule has 0 saturated carbocycles. The number of alkyl carbamates (subject to hydrolysis) is 1. The summed E-state index contributed by atoms with van der Waals surface area (Å²) < 4.78 is 5.21. The minimum absolute atomic E-state index is 0.00351. The van der Waals surface area contributed by atoms with Crippen LogP contribution in [0.3, 0.4) is 0 Å². The third-order valence-electron chi connectivity index (χ3n) is 3.57. The van der Waals surface area contributed by atoms with E-state index in [9.17, 15) is 9.59 Å². The Labute approximate surface area is 141 Å². The van der Waals surface area contributed by atoms with Crippen molar-refractivity contribution in [2.24, 2.45) is 0 Å². The van der Waals surface area contributed by atoms with Gasteiger partial charge in [-0.1, -0.05) is 60.7 Å². The molecule has 5 heteroatoms. The molecule has 0 spiro atoms. The molecule has 0 aromatic heterocycles. The van der Waals surface area contributed by atoms with E-state index in [4.69, 9.17) is 9.84 Å². The first-order chi connectivity index (χ1) is 11.6. The van der Waals surface area contributed by atoms with E-state index in [1.807, 2.05) is 60.7 Å². The molecule has 2 N–H and O–H groups in total. The zero-order valence-electron chi connectivity index (χ0n) is 13.4. The van der Waals surface area contributed by atoms with Crippen molar-refractivity contribution in [3.05, 3.63) is 71.8 Å². The molecule has 1 amide bonds. The number of hydrogen-bond acceptors (Lipinski definition) is 3. The second-order valence-electron chi connectivity index (χ2n) is 5.53. The number of hydrogen-bond donors (Lipinski definition) is 2. The van der Waals surface area contributed by atoms with E-state index in [2.05, 4.69) is 5.32 Å². The molecule has 1 unspecified atom stereocenters. The Hall–Kier alpha value is -2.82. The summed E-state index contributed by atoms with van der Waals surface area (Å²) in [6, 6.07) is 18.8. The quantitative estimate of drug-likeness (QED) is 0.779. The molecule has 0 aliphatic carbocycles. The predicted octanol–water partition coefficient (Wildman–Crippen LogP) is 3.39. The molecule has 2 aromatic rings. The predicted molar refractivity (Wildman–Crippen MR) is 90.6 cm³/mol. The van der Waals surface area contributed by atoms with Crippen LogP contribution in [0.5, 0.6) is 0 Å². The fourth-order valence-electron chi connectivity index (χ4n) is 2.35. The molecule has 0 aliphatic heterocycles. The standard InChI is InChI=1S/C19H21NO4/c21-18(22)12-11-17(13-15-7-3-1-4-8-15)20-19(23)24-14-16-9-5-2-6-10-16/h1-10,17H,11-14H2,(H,20,23)(H,21,22). The number of ether oxygens (including phenoxy) is 1. The zero-order chi connectivity index (χ0) is 17.2.